The molecule has 1 aromatic heterocycles. The van der Waals surface area contributed by atoms with Gasteiger partial charge in [-0.05, 0) is 50.6 Å². The highest BCUT2D eigenvalue weighted by molar-refractivity contribution is 5.79. The van der Waals surface area contributed by atoms with Gasteiger partial charge in [-0.2, -0.15) is 0 Å². The molecule has 0 spiro atoms. The predicted octanol–water partition coefficient (Wildman–Crippen LogP) is 3.46. The van der Waals surface area contributed by atoms with Crippen molar-refractivity contribution in [2.45, 2.75) is 33.9 Å². The predicted molar refractivity (Wildman–Crippen MR) is 106 cm³/mol. The van der Waals surface area contributed by atoms with Gasteiger partial charge >= 0.3 is 0 Å². The number of aliphatic imine (C=N–C) groups is 1. The SMILES string of the molecule is CCNC(=NCc1ccc(N(CC)CC)nc1)NCc1cc(F)ccc1F. The number of aromatic nitrogens is 1. The molecule has 27 heavy (non-hydrogen) atoms. The van der Waals surface area contributed by atoms with Crippen molar-refractivity contribution in [2.24, 2.45) is 4.99 Å². The normalized spacial score (nSPS) is 11.4. The van der Waals surface area contributed by atoms with Gasteiger partial charge in [-0.1, -0.05) is 6.07 Å². The molecule has 0 saturated carbocycles. The Labute approximate surface area is 159 Å². The molecular weight excluding hydrogens is 348 g/mol. The molecule has 0 aliphatic heterocycles. The lowest BCUT2D eigenvalue weighted by atomic mass is 10.2. The molecule has 2 rings (SSSR count). The molecule has 7 heteroatoms. The van der Waals surface area contributed by atoms with Crippen LogP contribution >= 0.6 is 0 Å². The van der Waals surface area contributed by atoms with Crippen molar-refractivity contribution in [3.8, 4) is 0 Å². The van der Waals surface area contributed by atoms with Crippen molar-refractivity contribution in [3.05, 3.63) is 59.3 Å². The fourth-order valence-corrected chi connectivity index (χ4v) is 2.61. The molecule has 0 amide bonds. The number of benzene rings is 1. The summed E-state index contributed by atoms with van der Waals surface area (Å²) in [6.45, 7) is 9.20. The summed E-state index contributed by atoms with van der Waals surface area (Å²) in [7, 11) is 0. The summed E-state index contributed by atoms with van der Waals surface area (Å²) >= 11 is 0. The first-order valence-electron chi connectivity index (χ1n) is 9.23. The highest BCUT2D eigenvalue weighted by Gasteiger charge is 2.06. The largest absolute Gasteiger partial charge is 0.357 e. The van der Waals surface area contributed by atoms with E-state index in [1.54, 1.807) is 0 Å². The summed E-state index contributed by atoms with van der Waals surface area (Å²) in [6, 6.07) is 7.40. The van der Waals surface area contributed by atoms with E-state index in [2.05, 4.69) is 39.4 Å². The molecule has 0 aliphatic carbocycles. The summed E-state index contributed by atoms with van der Waals surface area (Å²) in [4.78, 5) is 11.1. The Morgan fingerprint density at radius 2 is 1.85 bits per heavy atom. The number of guanidine groups is 1. The lowest BCUT2D eigenvalue weighted by Crippen LogP contribution is -2.37. The van der Waals surface area contributed by atoms with Gasteiger partial charge in [-0.3, -0.25) is 0 Å². The topological polar surface area (TPSA) is 52.6 Å². The van der Waals surface area contributed by atoms with E-state index in [1.165, 1.54) is 6.07 Å². The molecule has 2 N–H and O–H groups in total. The number of pyridine rings is 1. The summed E-state index contributed by atoms with van der Waals surface area (Å²) in [5, 5.41) is 6.13. The number of hydrogen-bond acceptors (Lipinski definition) is 3. The van der Waals surface area contributed by atoms with E-state index in [-0.39, 0.29) is 12.1 Å². The molecule has 0 atom stereocenters. The molecule has 0 radical (unpaired) electrons. The summed E-state index contributed by atoms with van der Waals surface area (Å²) in [5.74, 6) is 0.568. The first kappa shape index (κ1) is 20.6. The summed E-state index contributed by atoms with van der Waals surface area (Å²) in [5.41, 5.74) is 1.23. The Balaban J connectivity index is 2.01. The molecule has 0 saturated heterocycles. The number of anilines is 1. The van der Waals surface area contributed by atoms with Crippen molar-refractivity contribution >= 4 is 11.8 Å². The second-order valence-electron chi connectivity index (χ2n) is 5.98. The molecule has 0 bridgehead atoms. The van der Waals surface area contributed by atoms with Gasteiger partial charge in [0.2, 0.25) is 0 Å². The molecule has 0 unspecified atom stereocenters. The van der Waals surface area contributed by atoms with E-state index in [4.69, 9.17) is 0 Å². The molecule has 1 aromatic carbocycles. The maximum atomic E-state index is 13.7. The fourth-order valence-electron chi connectivity index (χ4n) is 2.61. The van der Waals surface area contributed by atoms with Gasteiger partial charge in [-0.15, -0.1) is 0 Å². The van der Waals surface area contributed by atoms with Crippen molar-refractivity contribution in [3.63, 3.8) is 0 Å². The van der Waals surface area contributed by atoms with Crippen LogP contribution in [0.15, 0.2) is 41.5 Å². The lowest BCUT2D eigenvalue weighted by molar-refractivity contribution is 0.581. The third kappa shape index (κ3) is 6.20. The Morgan fingerprint density at radius 3 is 2.48 bits per heavy atom. The van der Waals surface area contributed by atoms with E-state index in [1.807, 2.05) is 25.3 Å². The Kier molecular flexibility index (Phi) is 7.98. The zero-order chi connectivity index (χ0) is 19.6. The highest BCUT2D eigenvalue weighted by Crippen LogP contribution is 2.12. The number of rotatable bonds is 8. The molecule has 5 nitrogen and oxygen atoms in total. The zero-order valence-corrected chi connectivity index (χ0v) is 16.1. The Bertz CT molecular complexity index is 743. The van der Waals surface area contributed by atoms with E-state index in [0.29, 0.717) is 19.0 Å². The van der Waals surface area contributed by atoms with Crippen LogP contribution in [0.4, 0.5) is 14.6 Å². The third-order valence-electron chi connectivity index (χ3n) is 4.11. The van der Waals surface area contributed by atoms with Crippen LogP contribution in [0.25, 0.3) is 0 Å². The van der Waals surface area contributed by atoms with E-state index >= 15 is 0 Å². The minimum Gasteiger partial charge on any atom is -0.357 e. The Hall–Kier alpha value is -2.70. The molecule has 0 aliphatic rings. The average molecular weight is 375 g/mol. The van der Waals surface area contributed by atoms with Crippen LogP contribution in [0.1, 0.15) is 31.9 Å². The summed E-state index contributed by atoms with van der Waals surface area (Å²) < 4.78 is 27.0. The minimum absolute atomic E-state index is 0.147. The third-order valence-corrected chi connectivity index (χ3v) is 4.11. The smallest absolute Gasteiger partial charge is 0.191 e. The van der Waals surface area contributed by atoms with Crippen molar-refractivity contribution < 1.29 is 8.78 Å². The highest BCUT2D eigenvalue weighted by atomic mass is 19.1. The van der Waals surface area contributed by atoms with Crippen LogP contribution in [0, 0.1) is 11.6 Å². The van der Waals surface area contributed by atoms with Gasteiger partial charge in [0.15, 0.2) is 5.96 Å². The molecule has 0 fully saturated rings. The van der Waals surface area contributed by atoms with Gasteiger partial charge in [-0.25, -0.2) is 18.8 Å². The van der Waals surface area contributed by atoms with Crippen LogP contribution in [-0.4, -0.2) is 30.6 Å². The van der Waals surface area contributed by atoms with Crippen LogP contribution in [0.5, 0.6) is 0 Å². The monoisotopic (exact) mass is 375 g/mol. The van der Waals surface area contributed by atoms with E-state index in [9.17, 15) is 8.78 Å². The quantitative estimate of drug-likeness (QED) is 0.548. The molecular formula is C20H27F2N5. The lowest BCUT2D eigenvalue weighted by Gasteiger charge is -2.19. The van der Waals surface area contributed by atoms with Crippen LogP contribution in [-0.2, 0) is 13.1 Å². The number of halogens is 2. The van der Waals surface area contributed by atoms with Crippen molar-refractivity contribution in [2.75, 3.05) is 24.5 Å². The van der Waals surface area contributed by atoms with Crippen LogP contribution in [0.2, 0.25) is 0 Å². The number of nitrogens with one attached hydrogen (secondary N) is 2. The second-order valence-corrected chi connectivity index (χ2v) is 5.98. The summed E-state index contributed by atoms with van der Waals surface area (Å²) in [6.07, 6.45) is 1.81. The van der Waals surface area contributed by atoms with Crippen molar-refractivity contribution in [1.29, 1.82) is 0 Å². The fraction of sp³-hybridized carbons (Fsp3) is 0.400. The first-order valence-corrected chi connectivity index (χ1v) is 9.23. The van der Waals surface area contributed by atoms with Crippen LogP contribution in [0.3, 0.4) is 0 Å². The standard InChI is InChI=1S/C20H27F2N5/c1-4-23-20(26-14-16-11-17(21)8-9-18(16)22)25-13-15-7-10-19(24-12-15)27(5-2)6-3/h7-12H,4-6,13-14H2,1-3H3,(H2,23,25,26). The maximum absolute atomic E-state index is 13.7. The van der Waals surface area contributed by atoms with Crippen LogP contribution < -0.4 is 15.5 Å². The second kappa shape index (κ2) is 10.4. The number of nitrogens with zero attached hydrogens (tertiary/aromatic N) is 3. The van der Waals surface area contributed by atoms with Gasteiger partial charge in [0.05, 0.1) is 6.54 Å². The molecule has 146 valence electrons. The molecule has 2 aromatic rings. The maximum Gasteiger partial charge on any atom is 0.191 e. The van der Waals surface area contributed by atoms with E-state index in [0.717, 1.165) is 36.6 Å². The van der Waals surface area contributed by atoms with Gasteiger partial charge in [0.25, 0.3) is 0 Å². The minimum atomic E-state index is -0.463. The van der Waals surface area contributed by atoms with Crippen molar-refractivity contribution in [1.82, 2.24) is 15.6 Å². The van der Waals surface area contributed by atoms with Gasteiger partial charge in [0, 0.05) is 37.9 Å². The zero-order valence-electron chi connectivity index (χ0n) is 16.1. The average Bonchev–Trinajstić information content (AvgIpc) is 2.68. The first-order chi connectivity index (χ1) is 13.1. The van der Waals surface area contributed by atoms with Gasteiger partial charge < -0.3 is 15.5 Å². The van der Waals surface area contributed by atoms with Gasteiger partial charge in [0.1, 0.15) is 17.5 Å². The Morgan fingerprint density at radius 1 is 1.07 bits per heavy atom. The molecule has 1 heterocycles. The van der Waals surface area contributed by atoms with E-state index < -0.39 is 11.6 Å². The number of hydrogen-bond donors (Lipinski definition) is 2.